The molecule has 0 heterocycles. The summed E-state index contributed by atoms with van der Waals surface area (Å²) in [6.07, 6.45) is 5.38. The van der Waals surface area contributed by atoms with Crippen LogP contribution < -0.4 is 28.4 Å². The lowest BCUT2D eigenvalue weighted by molar-refractivity contribution is 0.271. The van der Waals surface area contributed by atoms with Crippen LogP contribution in [0.2, 0.25) is 0 Å². The van der Waals surface area contributed by atoms with Crippen LogP contribution in [0.25, 0.3) is 64.6 Å². The van der Waals surface area contributed by atoms with Crippen LogP contribution in [-0.4, -0.2) is 39.6 Å². The Morgan fingerprint density at radius 1 is 0.267 bits per heavy atom. The van der Waals surface area contributed by atoms with Crippen molar-refractivity contribution in [2.45, 2.75) is 80.1 Å². The van der Waals surface area contributed by atoms with E-state index >= 15 is 0 Å². The Balaban J connectivity index is 1.62. The molecule has 0 saturated heterocycles. The zero-order chi connectivity index (χ0) is 41.8. The fourth-order valence-corrected chi connectivity index (χ4v) is 7.55. The zero-order valence-electron chi connectivity index (χ0n) is 36.3. The summed E-state index contributed by atoms with van der Waals surface area (Å²) in [5, 5.41) is 12.7. The summed E-state index contributed by atoms with van der Waals surface area (Å²) in [5.41, 5.74) is 0. The van der Waals surface area contributed by atoms with Gasteiger partial charge in [0.25, 0.3) is 0 Å². The molecule has 0 atom stereocenters. The third-order valence-electron chi connectivity index (χ3n) is 10.4. The molecule has 0 aromatic heterocycles. The van der Waals surface area contributed by atoms with Crippen LogP contribution in [0.1, 0.15) is 80.1 Å². The van der Waals surface area contributed by atoms with E-state index in [0.717, 1.165) is 138 Å². The van der Waals surface area contributed by atoms with Crippen molar-refractivity contribution >= 4 is 64.6 Å². The Bertz CT molecular complexity index is 2700. The van der Waals surface area contributed by atoms with E-state index in [1.807, 2.05) is 0 Å². The quantitative estimate of drug-likeness (QED) is 0.0861. The van der Waals surface area contributed by atoms with Crippen molar-refractivity contribution < 1.29 is 28.4 Å². The highest BCUT2D eigenvalue weighted by molar-refractivity contribution is 6.09. The summed E-state index contributed by atoms with van der Waals surface area (Å²) >= 11 is 0. The summed E-state index contributed by atoms with van der Waals surface area (Å²) in [7, 11) is 0. The Morgan fingerprint density at radius 3 is 0.817 bits per heavy atom. The third-order valence-corrected chi connectivity index (χ3v) is 10.4. The topological polar surface area (TPSA) is 55.4 Å². The SMILES string of the molecule is CCCOc1cc2ccc3ccc4c(OCCC)c(OCCC)cc(ccc5cc(OCCC)c(OCCC)c6ccc(ccc7ccc(c1OCCC)c2c7)cc56)c4c3. The fraction of sp³-hybridized carbons (Fsp3) is 0.333. The lowest BCUT2D eigenvalue weighted by Gasteiger charge is -2.16. The highest BCUT2D eigenvalue weighted by atomic mass is 16.5. The largest absolute Gasteiger partial charge is 0.490 e. The van der Waals surface area contributed by atoms with Gasteiger partial charge in [0.05, 0.1) is 39.6 Å². The van der Waals surface area contributed by atoms with Gasteiger partial charge in [-0.3, -0.25) is 0 Å². The first-order valence-electron chi connectivity index (χ1n) is 22.1. The van der Waals surface area contributed by atoms with Crippen LogP contribution in [0, 0.1) is 0 Å². The minimum Gasteiger partial charge on any atom is -0.490 e. The number of hydrogen-bond donors (Lipinski definition) is 0. The van der Waals surface area contributed by atoms with Crippen LogP contribution in [0.4, 0.5) is 0 Å². The molecule has 0 spiro atoms. The molecular formula is C54H60O6. The molecule has 0 aliphatic heterocycles. The van der Waals surface area contributed by atoms with Crippen LogP contribution in [-0.2, 0) is 0 Å². The minimum atomic E-state index is 0.595. The second-order valence-corrected chi connectivity index (χ2v) is 15.4. The van der Waals surface area contributed by atoms with Crippen molar-refractivity contribution in [2.24, 2.45) is 0 Å². The zero-order valence-corrected chi connectivity index (χ0v) is 36.3. The number of rotatable bonds is 18. The molecule has 312 valence electrons. The van der Waals surface area contributed by atoms with Gasteiger partial charge in [0.15, 0.2) is 34.5 Å². The second kappa shape index (κ2) is 20.4. The predicted molar refractivity (Wildman–Crippen MR) is 253 cm³/mol. The molecule has 60 heavy (non-hydrogen) atoms. The molecule has 6 nitrogen and oxygen atoms in total. The Morgan fingerprint density at radius 2 is 0.517 bits per heavy atom. The average molecular weight is 805 g/mol. The van der Waals surface area contributed by atoms with E-state index in [1.165, 1.54) is 0 Å². The summed E-state index contributed by atoms with van der Waals surface area (Å²) < 4.78 is 38.5. The molecule has 7 aromatic carbocycles. The van der Waals surface area contributed by atoms with Crippen molar-refractivity contribution in [3.63, 3.8) is 0 Å². The molecule has 0 N–H and O–H groups in total. The molecule has 7 aromatic rings. The van der Waals surface area contributed by atoms with Gasteiger partial charge in [0.2, 0.25) is 0 Å². The van der Waals surface area contributed by atoms with Gasteiger partial charge in [-0.25, -0.2) is 0 Å². The molecule has 0 saturated carbocycles. The normalized spacial score (nSPS) is 11.3. The van der Waals surface area contributed by atoms with Crippen molar-refractivity contribution in [2.75, 3.05) is 39.6 Å². The van der Waals surface area contributed by atoms with Gasteiger partial charge < -0.3 is 28.4 Å². The maximum Gasteiger partial charge on any atom is 0.169 e. The first kappa shape index (κ1) is 42.3. The summed E-state index contributed by atoms with van der Waals surface area (Å²) in [6.45, 7) is 16.4. The van der Waals surface area contributed by atoms with Gasteiger partial charge in [-0.15, -0.1) is 0 Å². The van der Waals surface area contributed by atoms with Gasteiger partial charge in [-0.1, -0.05) is 96.1 Å². The first-order valence-corrected chi connectivity index (χ1v) is 22.1. The highest BCUT2D eigenvalue weighted by Gasteiger charge is 2.16. The molecule has 6 bridgehead atoms. The smallest absolute Gasteiger partial charge is 0.169 e. The molecule has 0 unspecified atom stereocenters. The molecule has 0 aliphatic carbocycles. The lowest BCUT2D eigenvalue weighted by Crippen LogP contribution is -2.02. The molecular weight excluding hydrogens is 745 g/mol. The number of ether oxygens (including phenoxy) is 6. The second-order valence-electron chi connectivity index (χ2n) is 15.4. The standard InChI is InChI=1S/C54H60O6/c1-7-25-55-49-34-40-19-15-39-18-24-45-48(33-39)42(36-51(57-27-9-3)54(45)60-30-12-6)21-20-41-35-50(56-26-8-2)53(59-29-11-5)44-23-17-38(32-47(41)44)14-13-37-16-22-43(46(40)31-37)52(49)58-28-10-4/h13-24,31-36H,7-12,25-30H2,1-6H3. The molecule has 6 heteroatoms. The Labute approximate surface area is 355 Å². The van der Waals surface area contributed by atoms with Crippen LogP contribution >= 0.6 is 0 Å². The molecule has 0 fully saturated rings. The van der Waals surface area contributed by atoms with E-state index < -0.39 is 0 Å². The maximum atomic E-state index is 6.47. The molecule has 7 rings (SSSR count). The van der Waals surface area contributed by atoms with Crippen LogP contribution in [0.3, 0.4) is 0 Å². The van der Waals surface area contributed by atoms with Gasteiger partial charge >= 0.3 is 0 Å². The van der Waals surface area contributed by atoms with E-state index in [-0.39, 0.29) is 0 Å². The fourth-order valence-electron chi connectivity index (χ4n) is 7.55. The van der Waals surface area contributed by atoms with Crippen molar-refractivity contribution in [3.8, 4) is 34.5 Å². The molecule has 0 amide bonds. The maximum absolute atomic E-state index is 6.47. The van der Waals surface area contributed by atoms with Gasteiger partial charge in [-0.2, -0.15) is 0 Å². The van der Waals surface area contributed by atoms with E-state index in [2.05, 4.69) is 151 Å². The number of benzene rings is 6. The van der Waals surface area contributed by atoms with Crippen molar-refractivity contribution in [1.29, 1.82) is 0 Å². The molecule has 0 radical (unpaired) electrons. The number of hydrogen-bond acceptors (Lipinski definition) is 6. The van der Waals surface area contributed by atoms with Crippen LogP contribution in [0.15, 0.2) is 109 Å². The summed E-state index contributed by atoms with van der Waals surface area (Å²) in [6, 6.07) is 39.4. The van der Waals surface area contributed by atoms with E-state index in [0.29, 0.717) is 39.6 Å². The minimum absolute atomic E-state index is 0.595. The van der Waals surface area contributed by atoms with Crippen molar-refractivity contribution in [3.05, 3.63) is 109 Å². The van der Waals surface area contributed by atoms with E-state index in [9.17, 15) is 0 Å². The van der Waals surface area contributed by atoms with Crippen molar-refractivity contribution in [1.82, 2.24) is 0 Å². The Hall–Kier alpha value is -5.88. The first-order chi connectivity index (χ1) is 29.5. The number of fused-ring (bicyclic) bond motifs is 3. The monoisotopic (exact) mass is 804 g/mol. The third kappa shape index (κ3) is 9.44. The van der Waals surface area contributed by atoms with Gasteiger partial charge in [0.1, 0.15) is 0 Å². The lowest BCUT2D eigenvalue weighted by atomic mass is 10.0. The Kier molecular flexibility index (Phi) is 14.4. The van der Waals surface area contributed by atoms with E-state index in [4.69, 9.17) is 28.4 Å². The highest BCUT2D eigenvalue weighted by Crippen LogP contribution is 2.43. The van der Waals surface area contributed by atoms with Crippen LogP contribution in [0.5, 0.6) is 34.5 Å². The molecule has 0 aliphatic rings. The average Bonchev–Trinajstić information content (AvgIpc) is 3.27. The van der Waals surface area contributed by atoms with Gasteiger partial charge in [-0.05, 0) is 142 Å². The predicted octanol–water partition coefficient (Wildman–Crippen LogP) is 15.0. The van der Waals surface area contributed by atoms with E-state index in [1.54, 1.807) is 0 Å². The summed E-state index contributed by atoms with van der Waals surface area (Å²) in [4.78, 5) is 0. The van der Waals surface area contributed by atoms with Gasteiger partial charge in [0, 0.05) is 16.2 Å². The summed E-state index contributed by atoms with van der Waals surface area (Å²) in [5.74, 6) is 4.64.